The van der Waals surface area contributed by atoms with E-state index in [-0.39, 0.29) is 0 Å². The summed E-state index contributed by atoms with van der Waals surface area (Å²) in [5.41, 5.74) is 5.30. The van der Waals surface area contributed by atoms with Gasteiger partial charge in [0.25, 0.3) is 0 Å². The number of rotatable bonds is 1. The third kappa shape index (κ3) is 1.87. The highest BCUT2D eigenvalue weighted by atomic mass is 79.9. The first-order chi connectivity index (χ1) is 5.15. The van der Waals surface area contributed by atoms with Crippen LogP contribution in [0, 0.1) is 20.8 Å². The Hall–Kier alpha value is -0.235. The van der Waals surface area contributed by atoms with Gasteiger partial charge in [0, 0.05) is 0 Å². The molecule has 0 aliphatic heterocycles. The van der Waals surface area contributed by atoms with Gasteiger partial charge in [-0.25, -0.2) is 6.10 Å². The molecule has 0 aliphatic carbocycles. The van der Waals surface area contributed by atoms with Crippen molar-refractivity contribution in [2.24, 2.45) is 0 Å². The van der Waals surface area contributed by atoms with E-state index < -0.39 is 0 Å². The smallest absolute Gasteiger partial charge is 0.0398 e. The second-order valence-corrected chi connectivity index (χ2v) is 3.38. The summed E-state index contributed by atoms with van der Waals surface area (Å²) in [7, 11) is 0. The van der Waals surface area contributed by atoms with E-state index in [1.807, 2.05) is 6.10 Å². The van der Waals surface area contributed by atoms with Crippen molar-refractivity contribution in [1.82, 2.24) is 0 Å². The first-order valence-electron chi connectivity index (χ1n) is 3.66. The van der Waals surface area contributed by atoms with Crippen LogP contribution >= 0.6 is 15.8 Å². The van der Waals surface area contributed by atoms with E-state index in [2.05, 4.69) is 48.7 Å². The van der Waals surface area contributed by atoms with Crippen molar-refractivity contribution < 1.29 is 0 Å². The van der Waals surface area contributed by atoms with Crippen LogP contribution in [0.4, 0.5) is 0 Å². The van der Waals surface area contributed by atoms with Crippen LogP contribution in [0.2, 0.25) is 0 Å². The van der Waals surface area contributed by atoms with Crippen LogP contribution in [0.5, 0.6) is 0 Å². The van der Waals surface area contributed by atoms with E-state index in [0.717, 1.165) is 0 Å². The molecule has 0 heterocycles. The predicted octanol–water partition coefficient (Wildman–Crippen LogP) is 2.25. The first-order valence-corrected chi connectivity index (χ1v) is 4.58. The average Bonchev–Trinajstić information content (AvgIpc) is 1.85. The zero-order valence-electron chi connectivity index (χ0n) is 7.11. The van der Waals surface area contributed by atoms with Gasteiger partial charge in [-0.3, -0.25) is 5.46 Å². The van der Waals surface area contributed by atoms with Gasteiger partial charge in [-0.2, -0.15) is 0 Å². The molecule has 0 saturated carbocycles. The Morgan fingerprint density at radius 3 is 1.91 bits per heavy atom. The summed E-state index contributed by atoms with van der Waals surface area (Å²) in [6.45, 7) is 6.39. The second-order valence-electron chi connectivity index (χ2n) is 2.92. The van der Waals surface area contributed by atoms with Crippen molar-refractivity contribution in [3.05, 3.63) is 28.8 Å². The number of hydrogen-bond acceptors (Lipinski definition) is 0. The summed E-state index contributed by atoms with van der Waals surface area (Å²) in [5.74, 6) is 0. The molecular weight excluding hydrogens is 199 g/mol. The van der Waals surface area contributed by atoms with Crippen molar-refractivity contribution in [3.8, 4) is 0 Å². The summed E-state index contributed by atoms with van der Waals surface area (Å²) >= 11 is 3.36. The van der Waals surface area contributed by atoms with E-state index in [9.17, 15) is 0 Å². The van der Waals surface area contributed by atoms with E-state index in [1.165, 1.54) is 22.2 Å². The zero-order valence-corrected chi connectivity index (χ0v) is 8.70. The minimum Gasteiger partial charge on any atom is -0.435 e. The largest absolute Gasteiger partial charge is 0.435 e. The molecule has 0 aromatic heterocycles. The highest BCUT2D eigenvalue weighted by Gasteiger charge is 1.91. The van der Waals surface area contributed by atoms with E-state index in [4.69, 9.17) is 0 Å². The molecule has 0 nitrogen and oxygen atoms in total. The normalized spacial score (nSPS) is 10.2. The highest BCUT2D eigenvalue weighted by Crippen LogP contribution is 2.05. The van der Waals surface area contributed by atoms with Crippen molar-refractivity contribution in [1.29, 1.82) is 0 Å². The highest BCUT2D eigenvalue weighted by molar-refractivity contribution is 9.23. The molecule has 0 aliphatic rings. The topological polar surface area (TPSA) is 0 Å². The SMILES string of the molecule is Cc1cc(C)c([B-]Br)c(C)c1. The number of aryl methyl sites for hydroxylation is 3. The van der Waals surface area contributed by atoms with Crippen LogP contribution in [0.3, 0.4) is 0 Å². The van der Waals surface area contributed by atoms with Gasteiger partial charge in [0.1, 0.15) is 0 Å². The minimum atomic E-state index is 1.30. The Balaban J connectivity index is 3.25. The third-order valence-electron chi connectivity index (χ3n) is 1.85. The Bertz CT molecular complexity index is 245. The molecule has 58 valence electrons. The lowest BCUT2D eigenvalue weighted by Gasteiger charge is -2.18. The van der Waals surface area contributed by atoms with Crippen LogP contribution < -0.4 is 5.46 Å². The fraction of sp³-hybridized carbons (Fsp3) is 0.333. The molecule has 2 radical (unpaired) electrons. The van der Waals surface area contributed by atoms with Gasteiger partial charge in [-0.15, -0.1) is 0 Å². The minimum absolute atomic E-state index is 1.30. The maximum atomic E-state index is 3.36. The van der Waals surface area contributed by atoms with Crippen LogP contribution in [0.15, 0.2) is 12.1 Å². The van der Waals surface area contributed by atoms with Gasteiger partial charge >= 0.3 is 0 Å². The molecule has 2 heteroatoms. The lowest BCUT2D eigenvalue weighted by atomic mass is 9.85. The predicted molar refractivity (Wildman–Crippen MR) is 55.0 cm³/mol. The van der Waals surface area contributed by atoms with Crippen molar-refractivity contribution in [2.75, 3.05) is 0 Å². The molecule has 0 amide bonds. The summed E-state index contributed by atoms with van der Waals surface area (Å²) in [5, 5.41) is 0. The van der Waals surface area contributed by atoms with Crippen molar-refractivity contribution >= 4 is 27.3 Å². The molecule has 0 bridgehead atoms. The van der Waals surface area contributed by atoms with Crippen LogP contribution in [-0.2, 0) is 0 Å². The van der Waals surface area contributed by atoms with Crippen molar-refractivity contribution in [2.45, 2.75) is 20.8 Å². The molecule has 1 rings (SSSR count). The lowest BCUT2D eigenvalue weighted by molar-refractivity contribution is 1.35. The van der Waals surface area contributed by atoms with Gasteiger partial charge in [-0.1, -0.05) is 28.8 Å². The number of halogens is 1. The Labute approximate surface area is 77.2 Å². The van der Waals surface area contributed by atoms with Gasteiger partial charge < -0.3 is 15.8 Å². The lowest BCUT2D eigenvalue weighted by Crippen LogP contribution is -2.16. The van der Waals surface area contributed by atoms with E-state index in [0.29, 0.717) is 0 Å². The summed E-state index contributed by atoms with van der Waals surface area (Å²) in [6.07, 6.45) is 1.98. The maximum absolute atomic E-state index is 3.36. The fourth-order valence-corrected chi connectivity index (χ4v) is 2.09. The first kappa shape index (κ1) is 8.86. The summed E-state index contributed by atoms with van der Waals surface area (Å²) in [6, 6.07) is 4.39. The molecule has 0 fully saturated rings. The average molecular weight is 210 g/mol. The Morgan fingerprint density at radius 2 is 1.55 bits per heavy atom. The molecular formula is C9H11BBr-. The van der Waals surface area contributed by atoms with Gasteiger partial charge in [0.15, 0.2) is 0 Å². The molecule has 0 spiro atoms. The summed E-state index contributed by atoms with van der Waals surface area (Å²) < 4.78 is 0. The van der Waals surface area contributed by atoms with Crippen molar-refractivity contribution in [3.63, 3.8) is 0 Å². The maximum Gasteiger partial charge on any atom is -0.0398 e. The molecule has 1 aromatic carbocycles. The third-order valence-corrected chi connectivity index (χ3v) is 2.30. The number of benzene rings is 1. The standard InChI is InChI=1S/C9H11BBr/c1-6-4-7(2)9(10-11)8(3)5-6/h4-5H,1-3H3/q-1. The van der Waals surface area contributed by atoms with Gasteiger partial charge in [0.2, 0.25) is 0 Å². The zero-order chi connectivity index (χ0) is 8.43. The number of hydrogen-bond donors (Lipinski definition) is 0. The molecule has 1 aromatic rings. The molecule has 0 N–H and O–H groups in total. The van der Waals surface area contributed by atoms with Crippen LogP contribution in [-0.4, -0.2) is 6.10 Å². The monoisotopic (exact) mass is 209 g/mol. The molecule has 11 heavy (non-hydrogen) atoms. The van der Waals surface area contributed by atoms with E-state index in [1.54, 1.807) is 0 Å². The second kappa shape index (κ2) is 3.44. The molecule has 0 saturated heterocycles. The van der Waals surface area contributed by atoms with Gasteiger partial charge in [0.05, 0.1) is 0 Å². The van der Waals surface area contributed by atoms with Gasteiger partial charge in [-0.05, 0) is 20.8 Å². The molecule has 0 unspecified atom stereocenters. The van der Waals surface area contributed by atoms with Crippen LogP contribution in [0.1, 0.15) is 16.7 Å². The fourth-order valence-electron chi connectivity index (χ4n) is 1.36. The van der Waals surface area contributed by atoms with Crippen LogP contribution in [0.25, 0.3) is 0 Å². The quantitative estimate of drug-likeness (QED) is 0.623. The summed E-state index contributed by atoms with van der Waals surface area (Å²) in [4.78, 5) is 0. The Kier molecular flexibility index (Phi) is 2.77. The van der Waals surface area contributed by atoms with E-state index >= 15 is 0 Å². The molecule has 0 atom stereocenters. The Morgan fingerprint density at radius 1 is 1.09 bits per heavy atom.